The van der Waals surface area contributed by atoms with Crippen LogP contribution in [0.4, 0.5) is 11.5 Å². The highest BCUT2D eigenvalue weighted by Gasteiger charge is 2.19. The van der Waals surface area contributed by atoms with Crippen LogP contribution >= 0.6 is 11.6 Å². The number of non-ortho nitro benzene ring substituents is 1. The third-order valence-electron chi connectivity index (χ3n) is 4.99. The zero-order chi connectivity index (χ0) is 23.8. The van der Waals surface area contributed by atoms with E-state index in [0.717, 1.165) is 5.69 Å². The Morgan fingerprint density at radius 1 is 1.09 bits per heavy atom. The monoisotopic (exact) mass is 474 g/mol. The molecule has 5 rings (SSSR count). The van der Waals surface area contributed by atoms with Gasteiger partial charge in [0.05, 0.1) is 27.9 Å². The molecule has 1 amide bonds. The lowest BCUT2D eigenvalue weighted by Gasteiger charge is -2.09. The molecule has 0 radical (unpaired) electrons. The van der Waals surface area contributed by atoms with Gasteiger partial charge in [-0.2, -0.15) is 14.9 Å². The molecule has 3 aromatic heterocycles. The van der Waals surface area contributed by atoms with Gasteiger partial charge >= 0.3 is 0 Å². The Bertz CT molecular complexity index is 1580. The van der Waals surface area contributed by atoms with Crippen LogP contribution in [0.25, 0.3) is 22.5 Å². The number of rotatable bonds is 5. The molecule has 1 N–H and O–H groups in total. The third kappa shape index (κ3) is 3.84. The molecule has 12 heteroatoms. The molecule has 0 spiro atoms. The normalized spacial score (nSPS) is 11.0. The van der Waals surface area contributed by atoms with E-state index < -0.39 is 10.8 Å². The highest BCUT2D eigenvalue weighted by Crippen LogP contribution is 2.25. The van der Waals surface area contributed by atoms with Crippen molar-refractivity contribution in [2.45, 2.75) is 6.92 Å². The lowest BCUT2D eigenvalue weighted by Crippen LogP contribution is -2.16. The number of fused-ring (bicyclic) bond motifs is 1. The SMILES string of the molecule is Cc1cc(NC(=O)c2cccc([N+](=O)[O-])c2)n(-c2ncnc3c2cnn3-c2cccc(Cl)c2)n1. The summed E-state index contributed by atoms with van der Waals surface area (Å²) in [5, 5.41) is 23.9. The van der Waals surface area contributed by atoms with E-state index in [0.29, 0.717) is 33.4 Å². The van der Waals surface area contributed by atoms with Crippen LogP contribution in [0.2, 0.25) is 5.02 Å². The minimum Gasteiger partial charge on any atom is -0.306 e. The van der Waals surface area contributed by atoms with E-state index in [1.54, 1.807) is 36.0 Å². The van der Waals surface area contributed by atoms with E-state index in [9.17, 15) is 14.9 Å². The largest absolute Gasteiger partial charge is 0.306 e. The van der Waals surface area contributed by atoms with Gasteiger partial charge in [0, 0.05) is 28.8 Å². The maximum atomic E-state index is 12.8. The molecule has 0 fully saturated rings. The third-order valence-corrected chi connectivity index (χ3v) is 5.23. The molecule has 0 atom stereocenters. The van der Waals surface area contributed by atoms with Crippen molar-refractivity contribution >= 4 is 40.0 Å². The fourth-order valence-electron chi connectivity index (χ4n) is 3.50. The van der Waals surface area contributed by atoms with Gasteiger partial charge in [-0.15, -0.1) is 0 Å². The van der Waals surface area contributed by atoms with Gasteiger partial charge in [0.25, 0.3) is 11.6 Å². The van der Waals surface area contributed by atoms with E-state index >= 15 is 0 Å². The van der Waals surface area contributed by atoms with E-state index in [2.05, 4.69) is 25.5 Å². The molecule has 11 nitrogen and oxygen atoms in total. The summed E-state index contributed by atoms with van der Waals surface area (Å²) in [5.41, 5.74) is 1.84. The number of anilines is 1. The Balaban J connectivity index is 1.55. The molecule has 0 unspecified atom stereocenters. The van der Waals surface area contributed by atoms with E-state index in [4.69, 9.17) is 11.6 Å². The number of benzene rings is 2. The Kier molecular flexibility index (Phi) is 5.22. The van der Waals surface area contributed by atoms with Crippen LogP contribution in [0.5, 0.6) is 0 Å². The van der Waals surface area contributed by atoms with Crippen LogP contribution in [-0.4, -0.2) is 40.4 Å². The first-order valence-corrected chi connectivity index (χ1v) is 10.4. The maximum Gasteiger partial charge on any atom is 0.270 e. The lowest BCUT2D eigenvalue weighted by molar-refractivity contribution is -0.384. The number of hydrogen-bond donors (Lipinski definition) is 1. The summed E-state index contributed by atoms with van der Waals surface area (Å²) >= 11 is 6.12. The second kappa shape index (κ2) is 8.37. The van der Waals surface area contributed by atoms with E-state index in [1.807, 2.05) is 12.1 Å². The van der Waals surface area contributed by atoms with E-state index in [1.165, 1.54) is 35.3 Å². The zero-order valence-corrected chi connectivity index (χ0v) is 18.3. The summed E-state index contributed by atoms with van der Waals surface area (Å²) in [6.07, 6.45) is 2.98. The Morgan fingerprint density at radius 3 is 2.71 bits per heavy atom. The van der Waals surface area contributed by atoms with Gasteiger partial charge in [-0.25, -0.2) is 14.6 Å². The number of nitro benzene ring substituents is 1. The number of carbonyl (C=O) groups is 1. The molecule has 34 heavy (non-hydrogen) atoms. The van der Waals surface area contributed by atoms with Gasteiger partial charge in [-0.1, -0.05) is 23.7 Å². The number of aryl methyl sites for hydroxylation is 1. The minimum atomic E-state index is -0.555. The quantitative estimate of drug-likeness (QED) is 0.299. The number of nitrogens with one attached hydrogen (secondary N) is 1. The van der Waals surface area contributed by atoms with Crippen LogP contribution in [0.15, 0.2) is 67.1 Å². The summed E-state index contributed by atoms with van der Waals surface area (Å²) < 4.78 is 3.10. The summed E-state index contributed by atoms with van der Waals surface area (Å²) in [7, 11) is 0. The molecule has 0 saturated heterocycles. The highest BCUT2D eigenvalue weighted by atomic mass is 35.5. The van der Waals surface area contributed by atoms with Crippen molar-refractivity contribution in [2.24, 2.45) is 0 Å². The van der Waals surface area contributed by atoms with E-state index in [-0.39, 0.29) is 11.3 Å². The topological polar surface area (TPSA) is 134 Å². The lowest BCUT2D eigenvalue weighted by atomic mass is 10.2. The molecule has 0 bridgehead atoms. The molecule has 0 aliphatic rings. The number of nitrogens with zero attached hydrogens (tertiary/aromatic N) is 7. The molecule has 0 aliphatic heterocycles. The number of amides is 1. The number of halogens is 1. The van der Waals surface area contributed by atoms with Gasteiger partial charge < -0.3 is 5.32 Å². The zero-order valence-electron chi connectivity index (χ0n) is 17.6. The standard InChI is InChI=1S/C22H15ClN8O3/c1-13-8-19(27-22(32)14-4-2-7-17(9-14)31(33)34)30(28-13)21-18-11-26-29(20(18)24-12-25-21)16-6-3-5-15(23)10-16/h2-12H,1H3,(H,27,32). The average Bonchev–Trinajstić information content (AvgIpc) is 3.42. The van der Waals surface area contributed by atoms with Crippen LogP contribution < -0.4 is 5.32 Å². The van der Waals surface area contributed by atoms with Gasteiger partial charge in [-0.05, 0) is 31.2 Å². The Hall–Kier alpha value is -4.64. The molecule has 2 aromatic carbocycles. The fourth-order valence-corrected chi connectivity index (χ4v) is 3.68. The Labute approximate surface area is 196 Å². The molecular formula is C22H15ClN8O3. The van der Waals surface area contributed by atoms with Crippen molar-refractivity contribution < 1.29 is 9.72 Å². The molecule has 0 aliphatic carbocycles. The molecule has 0 saturated carbocycles. The summed E-state index contributed by atoms with van der Waals surface area (Å²) in [6.45, 7) is 1.77. The van der Waals surface area contributed by atoms with Gasteiger partial charge in [0.15, 0.2) is 11.5 Å². The first-order chi connectivity index (χ1) is 16.4. The minimum absolute atomic E-state index is 0.140. The van der Waals surface area contributed by atoms with Crippen molar-refractivity contribution in [3.63, 3.8) is 0 Å². The second-order valence-electron chi connectivity index (χ2n) is 7.32. The highest BCUT2D eigenvalue weighted by molar-refractivity contribution is 6.30. The molecule has 3 heterocycles. The first kappa shape index (κ1) is 21.2. The Morgan fingerprint density at radius 2 is 1.91 bits per heavy atom. The molecule has 168 valence electrons. The van der Waals surface area contributed by atoms with Crippen molar-refractivity contribution in [3.8, 4) is 11.5 Å². The number of carbonyl (C=O) groups excluding carboxylic acids is 1. The predicted octanol–water partition coefficient (Wildman–Crippen LogP) is 4.12. The van der Waals surface area contributed by atoms with Crippen molar-refractivity contribution in [1.82, 2.24) is 29.5 Å². The summed E-state index contributed by atoms with van der Waals surface area (Å²) in [4.78, 5) is 32.0. The first-order valence-electron chi connectivity index (χ1n) is 9.98. The van der Waals surface area contributed by atoms with Crippen molar-refractivity contribution in [1.29, 1.82) is 0 Å². The van der Waals surface area contributed by atoms with Gasteiger partial charge in [-0.3, -0.25) is 14.9 Å². The van der Waals surface area contributed by atoms with Crippen molar-refractivity contribution in [2.75, 3.05) is 5.32 Å². The molecule has 5 aromatic rings. The van der Waals surface area contributed by atoms with Gasteiger partial charge in [0.2, 0.25) is 0 Å². The van der Waals surface area contributed by atoms with Crippen LogP contribution in [0.1, 0.15) is 16.1 Å². The average molecular weight is 475 g/mol. The van der Waals surface area contributed by atoms with Crippen LogP contribution in [0, 0.1) is 17.0 Å². The van der Waals surface area contributed by atoms with Crippen LogP contribution in [0.3, 0.4) is 0 Å². The van der Waals surface area contributed by atoms with Gasteiger partial charge in [0.1, 0.15) is 12.1 Å². The number of hydrogen-bond acceptors (Lipinski definition) is 7. The number of aromatic nitrogens is 6. The fraction of sp³-hybridized carbons (Fsp3) is 0.0455. The smallest absolute Gasteiger partial charge is 0.270 e. The maximum absolute atomic E-state index is 12.8. The van der Waals surface area contributed by atoms with Crippen LogP contribution in [-0.2, 0) is 0 Å². The van der Waals surface area contributed by atoms with Crippen molar-refractivity contribution in [3.05, 3.63) is 93.5 Å². The summed E-state index contributed by atoms with van der Waals surface area (Å²) in [5.74, 6) is 0.218. The summed E-state index contributed by atoms with van der Waals surface area (Å²) in [6, 6.07) is 14.3. The number of nitro groups is 1. The molecular weight excluding hydrogens is 460 g/mol. The second-order valence-corrected chi connectivity index (χ2v) is 7.75. The predicted molar refractivity (Wildman–Crippen MR) is 125 cm³/mol.